The van der Waals surface area contributed by atoms with Gasteiger partial charge in [0.15, 0.2) is 0 Å². The molecule has 0 amide bonds. The summed E-state index contributed by atoms with van der Waals surface area (Å²) in [6.45, 7) is 2.19. The van der Waals surface area contributed by atoms with Gasteiger partial charge in [-0.15, -0.1) is 0 Å². The lowest BCUT2D eigenvalue weighted by molar-refractivity contribution is -0.118. The van der Waals surface area contributed by atoms with Gasteiger partial charge in [-0.25, -0.2) is 0 Å². The first-order valence-corrected chi connectivity index (χ1v) is 7.79. The van der Waals surface area contributed by atoms with E-state index in [2.05, 4.69) is 6.92 Å². The molecule has 0 N–H and O–H groups in total. The summed E-state index contributed by atoms with van der Waals surface area (Å²) in [5, 5.41) is 0. The molecule has 0 radical (unpaired) electrons. The summed E-state index contributed by atoms with van der Waals surface area (Å²) in [5.74, 6) is 2.89. The average molecular weight is 252 g/mol. The molecule has 0 aliphatic heterocycles. The van der Waals surface area contributed by atoms with Gasteiger partial charge in [0.05, 0.1) is 6.10 Å². The Hall–Kier alpha value is -0.370. The van der Waals surface area contributed by atoms with Crippen molar-refractivity contribution in [3.05, 3.63) is 0 Å². The second-order valence-electron chi connectivity index (χ2n) is 6.26. The molecule has 2 aliphatic rings. The van der Waals surface area contributed by atoms with E-state index in [0.29, 0.717) is 11.9 Å². The maximum atomic E-state index is 11.5. The maximum Gasteiger partial charge on any atom is 0.133 e. The van der Waals surface area contributed by atoms with Crippen LogP contribution in [0.5, 0.6) is 0 Å². The Balaban J connectivity index is 1.64. The summed E-state index contributed by atoms with van der Waals surface area (Å²) >= 11 is 0. The molecule has 2 nitrogen and oxygen atoms in total. The van der Waals surface area contributed by atoms with Gasteiger partial charge in [0.1, 0.15) is 5.78 Å². The zero-order valence-corrected chi connectivity index (χ0v) is 12.0. The Kier molecular flexibility index (Phi) is 5.23. The van der Waals surface area contributed by atoms with Crippen LogP contribution < -0.4 is 0 Å². The third kappa shape index (κ3) is 3.34. The van der Waals surface area contributed by atoms with Crippen LogP contribution in [-0.2, 0) is 9.53 Å². The topological polar surface area (TPSA) is 26.3 Å². The van der Waals surface area contributed by atoms with Crippen molar-refractivity contribution in [3.8, 4) is 0 Å². The van der Waals surface area contributed by atoms with Gasteiger partial charge in [-0.2, -0.15) is 0 Å². The van der Waals surface area contributed by atoms with E-state index in [0.717, 1.165) is 37.0 Å². The number of carbonyl (C=O) groups is 1. The second-order valence-corrected chi connectivity index (χ2v) is 6.26. The number of methoxy groups -OCH3 is 1. The Labute approximate surface area is 111 Å². The fraction of sp³-hybridized carbons (Fsp3) is 0.938. The van der Waals surface area contributed by atoms with E-state index in [-0.39, 0.29) is 0 Å². The van der Waals surface area contributed by atoms with E-state index < -0.39 is 0 Å². The van der Waals surface area contributed by atoms with Gasteiger partial charge in [0, 0.05) is 20.0 Å². The van der Waals surface area contributed by atoms with E-state index in [4.69, 9.17) is 4.74 Å². The van der Waals surface area contributed by atoms with Crippen molar-refractivity contribution in [2.75, 3.05) is 7.11 Å². The maximum absolute atomic E-state index is 11.5. The van der Waals surface area contributed by atoms with Crippen LogP contribution in [0, 0.1) is 17.8 Å². The van der Waals surface area contributed by atoms with Crippen molar-refractivity contribution in [1.29, 1.82) is 0 Å². The third-order valence-corrected chi connectivity index (χ3v) is 5.21. The predicted molar refractivity (Wildman–Crippen MR) is 73.5 cm³/mol. The van der Waals surface area contributed by atoms with Crippen molar-refractivity contribution in [2.24, 2.45) is 17.8 Å². The molecule has 1 unspecified atom stereocenters. The first-order chi connectivity index (χ1) is 8.74. The van der Waals surface area contributed by atoms with Crippen LogP contribution in [0.1, 0.15) is 64.7 Å². The van der Waals surface area contributed by atoms with Crippen molar-refractivity contribution < 1.29 is 9.53 Å². The van der Waals surface area contributed by atoms with E-state index in [1.54, 1.807) is 0 Å². The molecular weight excluding hydrogens is 224 g/mol. The van der Waals surface area contributed by atoms with Gasteiger partial charge >= 0.3 is 0 Å². The van der Waals surface area contributed by atoms with Crippen molar-refractivity contribution in [2.45, 2.75) is 70.8 Å². The highest BCUT2D eigenvalue weighted by atomic mass is 16.5. The second kappa shape index (κ2) is 6.70. The minimum absolute atomic E-state index is 0.453. The quantitative estimate of drug-likeness (QED) is 0.641. The molecule has 0 aromatic rings. The summed E-state index contributed by atoms with van der Waals surface area (Å²) < 4.78 is 5.41. The number of ether oxygens (including phenoxy) is 1. The molecule has 4 atom stereocenters. The largest absolute Gasteiger partial charge is 0.381 e. The molecule has 2 fully saturated rings. The summed E-state index contributed by atoms with van der Waals surface area (Å²) in [4.78, 5) is 11.5. The summed E-state index contributed by atoms with van der Waals surface area (Å²) in [6.07, 6.45) is 11.2. The number of carbonyl (C=O) groups excluding carboxylic acids is 1. The van der Waals surface area contributed by atoms with Crippen LogP contribution in [0.4, 0.5) is 0 Å². The normalized spacial score (nSPS) is 32.8. The highest BCUT2D eigenvalue weighted by molar-refractivity contribution is 5.81. The van der Waals surface area contributed by atoms with Crippen molar-refractivity contribution in [1.82, 2.24) is 0 Å². The average Bonchev–Trinajstić information content (AvgIpc) is 2.89. The summed E-state index contributed by atoms with van der Waals surface area (Å²) in [6, 6.07) is 0. The minimum atomic E-state index is 0.453. The van der Waals surface area contributed by atoms with Crippen LogP contribution in [-0.4, -0.2) is 19.0 Å². The van der Waals surface area contributed by atoms with Gasteiger partial charge < -0.3 is 4.74 Å². The lowest BCUT2D eigenvalue weighted by Gasteiger charge is -2.18. The van der Waals surface area contributed by atoms with Crippen molar-refractivity contribution in [3.63, 3.8) is 0 Å². The molecule has 0 saturated heterocycles. The molecule has 2 heteroatoms. The van der Waals surface area contributed by atoms with Gasteiger partial charge in [-0.05, 0) is 43.4 Å². The minimum Gasteiger partial charge on any atom is -0.381 e. The van der Waals surface area contributed by atoms with Crippen LogP contribution >= 0.6 is 0 Å². The predicted octanol–water partition coefficient (Wildman–Crippen LogP) is 3.98. The highest BCUT2D eigenvalue weighted by Gasteiger charge is 2.42. The van der Waals surface area contributed by atoms with Gasteiger partial charge in [-0.1, -0.05) is 26.2 Å². The van der Waals surface area contributed by atoms with Crippen LogP contribution in [0.2, 0.25) is 0 Å². The number of fused-ring (bicyclic) bond motifs is 1. The number of Topliss-reactive ketones (excluding diaryl/α,β-unsaturated/α-hetero) is 1. The first kappa shape index (κ1) is 14.0. The highest BCUT2D eigenvalue weighted by Crippen LogP contribution is 2.47. The molecule has 104 valence electrons. The van der Waals surface area contributed by atoms with E-state index in [1.165, 1.54) is 38.5 Å². The zero-order chi connectivity index (χ0) is 13.0. The standard InChI is InChI=1S/C16H28O2/c1-3-15(18-2)7-5-4-6-12-8-9-13-10-14(17)11-16(12)13/h12-13,15-16H,3-11H2,1-2H3/t12-,13+,15?,16+/m1/s1. The molecule has 0 aromatic heterocycles. The van der Waals surface area contributed by atoms with E-state index >= 15 is 0 Å². The van der Waals surface area contributed by atoms with Crippen LogP contribution in [0.15, 0.2) is 0 Å². The molecule has 0 heterocycles. The van der Waals surface area contributed by atoms with E-state index in [9.17, 15) is 4.79 Å². The molecule has 0 aromatic carbocycles. The molecule has 2 saturated carbocycles. The first-order valence-electron chi connectivity index (χ1n) is 7.79. The molecule has 0 spiro atoms. The number of ketones is 1. The lowest BCUT2D eigenvalue weighted by Crippen LogP contribution is -2.11. The van der Waals surface area contributed by atoms with Crippen LogP contribution in [0.3, 0.4) is 0 Å². The molecule has 2 rings (SSSR count). The third-order valence-electron chi connectivity index (χ3n) is 5.21. The molecule has 2 aliphatic carbocycles. The van der Waals surface area contributed by atoms with Crippen LogP contribution in [0.25, 0.3) is 0 Å². The van der Waals surface area contributed by atoms with Gasteiger partial charge in [0.25, 0.3) is 0 Å². The van der Waals surface area contributed by atoms with Gasteiger partial charge in [-0.3, -0.25) is 4.79 Å². The smallest absolute Gasteiger partial charge is 0.133 e. The molecule has 0 bridgehead atoms. The SMILES string of the molecule is CCC(CCCC[C@@H]1CC[C@H]2CC(=O)C[C@@H]12)OC. The zero-order valence-electron chi connectivity index (χ0n) is 12.0. The fourth-order valence-corrected chi connectivity index (χ4v) is 4.09. The Bertz CT molecular complexity index is 270. The molecular formula is C16H28O2. The summed E-state index contributed by atoms with van der Waals surface area (Å²) in [7, 11) is 1.82. The van der Waals surface area contributed by atoms with Gasteiger partial charge in [0.2, 0.25) is 0 Å². The monoisotopic (exact) mass is 252 g/mol. The Morgan fingerprint density at radius 3 is 2.83 bits per heavy atom. The number of unbranched alkanes of at least 4 members (excludes halogenated alkanes) is 1. The number of hydrogen-bond donors (Lipinski definition) is 0. The van der Waals surface area contributed by atoms with E-state index in [1.807, 2.05) is 7.11 Å². The fourth-order valence-electron chi connectivity index (χ4n) is 4.09. The molecule has 18 heavy (non-hydrogen) atoms. The Morgan fingerprint density at radius 1 is 1.28 bits per heavy atom. The van der Waals surface area contributed by atoms with Crippen molar-refractivity contribution >= 4 is 5.78 Å². The number of rotatable bonds is 7. The Morgan fingerprint density at radius 2 is 2.11 bits per heavy atom. The lowest BCUT2D eigenvalue weighted by atomic mass is 9.88. The number of hydrogen-bond acceptors (Lipinski definition) is 2. The summed E-state index contributed by atoms with van der Waals surface area (Å²) in [5.41, 5.74) is 0.